The zero-order valence-corrected chi connectivity index (χ0v) is 46.7. The summed E-state index contributed by atoms with van der Waals surface area (Å²) in [4.78, 5) is 65.3. The molecule has 4 atom stereocenters. The van der Waals surface area contributed by atoms with E-state index < -0.39 is 17.6 Å². The number of carbonyl (C=O) groups excluding carboxylic acids is 5. The Kier molecular flexibility index (Phi) is 17.2. The molecule has 8 saturated carbocycles. The summed E-state index contributed by atoms with van der Waals surface area (Å²) < 4.78 is 10.9. The largest absolute Gasteiger partial charge is 0.504 e. The molecule has 0 heterocycles. The summed E-state index contributed by atoms with van der Waals surface area (Å²) in [6.07, 6.45) is 12.9. The summed E-state index contributed by atoms with van der Waals surface area (Å²) in [7, 11) is 9.49. The molecule has 76 heavy (non-hydrogen) atoms. The molecule has 4 N–H and O–H groups in total. The van der Waals surface area contributed by atoms with Crippen molar-refractivity contribution in [3.63, 3.8) is 0 Å². The van der Waals surface area contributed by atoms with Crippen molar-refractivity contribution in [1.82, 2.24) is 25.3 Å². The van der Waals surface area contributed by atoms with Gasteiger partial charge in [-0.2, -0.15) is 0 Å². The number of ether oxygens (including phenoxy) is 2. The van der Waals surface area contributed by atoms with Crippen LogP contribution in [0.15, 0.2) is 84.9 Å². The number of nitrogens with zero attached hydrogens (tertiary/aromatic N) is 3. The van der Waals surface area contributed by atoms with E-state index in [1.54, 1.807) is 66.6 Å². The lowest BCUT2D eigenvalue weighted by Crippen LogP contribution is -2.59. The molecule has 8 fully saturated rings. The maximum atomic E-state index is 13.8. The fourth-order valence-electron chi connectivity index (χ4n) is 14.3. The molecule has 0 saturated heterocycles. The maximum Gasteiger partial charge on any atom is 0.414 e. The smallest absolute Gasteiger partial charge is 0.414 e. The SMILES string of the molecule is CN(C)C(=O)Cl.CN(C)C(=O)Oc1ccc(CCNC(=O)C23CC4CC(C2)CC(c2ccc(Cl)cc2)(C4)C3)cc1OC(=O)N(C)C.O=C(NCCc1ccc(O)c(O)c1)C12CC3CC(C1)CC(c1ccc(Cl)cc1)(C3)C2. The van der Waals surface area contributed by atoms with E-state index in [4.69, 9.17) is 44.3 Å². The van der Waals surface area contributed by atoms with Gasteiger partial charge in [-0.1, -0.05) is 59.6 Å². The summed E-state index contributed by atoms with van der Waals surface area (Å²) >= 11 is 17.2. The minimum atomic E-state index is -0.580. The molecule has 8 aliphatic carbocycles. The molecular weight excluding hydrogens is 1030 g/mol. The standard InChI is InChI=1S/C31H38ClN3O5.C25H28ClNO3.C3H6ClNO/c1-34(2)28(37)39-25-10-5-20(14-26(25)40-29(38)35(3)4)11-12-33-27(36)31-17-21-13-22(18-31)16-30(15-21,19-31)23-6-8-24(32)9-7-23;26-20-4-2-19(3-5-20)24-11-17-9-18(12-24)14-25(13-17,15-24)23(30)27-8-7-16-1-6-21(28)22(29)10-16;1-5(2)3(4)6/h5-10,14,21-22H,11-13,15-19H2,1-4H3,(H,33,36);1-6,10,17-18,28-29H,7-9,11-15H2,(H,27,30);1-2H3. The van der Waals surface area contributed by atoms with Crippen LogP contribution in [0.25, 0.3) is 0 Å². The molecule has 5 amide bonds. The first-order valence-electron chi connectivity index (χ1n) is 26.4. The second kappa shape index (κ2) is 23.1. The van der Waals surface area contributed by atoms with E-state index in [0.717, 1.165) is 72.5 Å². The highest BCUT2D eigenvalue weighted by atomic mass is 35.5. The number of carbonyl (C=O) groups is 5. The molecule has 12 rings (SSSR count). The highest BCUT2D eigenvalue weighted by Gasteiger charge is 2.62. The van der Waals surface area contributed by atoms with Crippen LogP contribution in [0.3, 0.4) is 0 Å². The normalized spacial score (nSPS) is 26.9. The molecule has 408 valence electrons. The van der Waals surface area contributed by atoms with Crippen LogP contribution in [0.5, 0.6) is 23.0 Å². The van der Waals surface area contributed by atoms with Crippen LogP contribution in [0.4, 0.5) is 14.4 Å². The van der Waals surface area contributed by atoms with Crippen molar-refractivity contribution in [1.29, 1.82) is 0 Å². The predicted octanol–water partition coefficient (Wildman–Crippen LogP) is 11.5. The lowest BCUT2D eigenvalue weighted by Gasteiger charge is -2.61. The molecule has 4 unspecified atom stereocenters. The Bertz CT molecular complexity index is 2760. The summed E-state index contributed by atoms with van der Waals surface area (Å²) in [5, 5.41) is 26.6. The molecule has 14 nitrogen and oxygen atoms in total. The Hall–Kier alpha value is -5.70. The third-order valence-electron chi connectivity index (χ3n) is 16.9. The average molecular weight is 1100 g/mol. The van der Waals surface area contributed by atoms with E-state index in [1.807, 2.05) is 30.3 Å². The summed E-state index contributed by atoms with van der Waals surface area (Å²) in [6, 6.07) is 26.5. The minimum absolute atomic E-state index is 0.0526. The Morgan fingerprint density at radius 1 is 0.526 bits per heavy atom. The van der Waals surface area contributed by atoms with E-state index in [0.29, 0.717) is 49.6 Å². The fourth-order valence-corrected chi connectivity index (χ4v) is 14.6. The van der Waals surface area contributed by atoms with Crippen LogP contribution in [0, 0.1) is 34.5 Å². The first-order valence-corrected chi connectivity index (χ1v) is 27.5. The van der Waals surface area contributed by atoms with Crippen molar-refractivity contribution in [3.8, 4) is 23.0 Å². The van der Waals surface area contributed by atoms with Gasteiger partial charge in [0.1, 0.15) is 0 Å². The van der Waals surface area contributed by atoms with Crippen molar-refractivity contribution in [3.05, 3.63) is 117 Å². The highest BCUT2D eigenvalue weighted by molar-refractivity contribution is 6.62. The molecule has 4 aromatic carbocycles. The van der Waals surface area contributed by atoms with Gasteiger partial charge < -0.3 is 45.0 Å². The number of hydrogen-bond acceptors (Lipinski definition) is 9. The molecule has 0 spiro atoms. The van der Waals surface area contributed by atoms with E-state index in [1.165, 1.54) is 57.6 Å². The molecule has 17 heteroatoms. The molecule has 0 aromatic heterocycles. The van der Waals surface area contributed by atoms with Gasteiger partial charge in [-0.25, -0.2) is 9.59 Å². The quantitative estimate of drug-likeness (QED) is 0.0610. The minimum Gasteiger partial charge on any atom is -0.504 e. The first-order chi connectivity index (χ1) is 36.0. The number of amides is 5. The van der Waals surface area contributed by atoms with Crippen LogP contribution in [0.2, 0.25) is 10.0 Å². The van der Waals surface area contributed by atoms with Crippen molar-refractivity contribution in [2.24, 2.45) is 34.5 Å². The van der Waals surface area contributed by atoms with Gasteiger partial charge in [-0.05, 0) is 207 Å². The van der Waals surface area contributed by atoms with Gasteiger partial charge in [-0.3, -0.25) is 14.4 Å². The number of benzene rings is 4. The van der Waals surface area contributed by atoms with E-state index in [2.05, 4.69) is 34.9 Å². The van der Waals surface area contributed by atoms with Crippen LogP contribution in [0.1, 0.15) is 99.3 Å². The zero-order chi connectivity index (χ0) is 54.7. The van der Waals surface area contributed by atoms with Crippen LogP contribution >= 0.6 is 34.8 Å². The molecule has 0 aliphatic heterocycles. The van der Waals surface area contributed by atoms with Crippen LogP contribution in [-0.4, -0.2) is 110 Å². The van der Waals surface area contributed by atoms with Crippen molar-refractivity contribution in [2.75, 3.05) is 55.4 Å². The third-order valence-corrected chi connectivity index (χ3v) is 17.8. The monoisotopic (exact) mass is 1100 g/mol. The van der Waals surface area contributed by atoms with Crippen molar-refractivity contribution < 1.29 is 43.7 Å². The third kappa shape index (κ3) is 12.7. The lowest BCUT2D eigenvalue weighted by molar-refractivity contribution is -0.149. The van der Waals surface area contributed by atoms with Gasteiger partial charge in [0.15, 0.2) is 23.0 Å². The summed E-state index contributed by atoms with van der Waals surface area (Å²) in [5.74, 6) is 2.82. The van der Waals surface area contributed by atoms with Gasteiger partial charge in [0.25, 0.3) is 0 Å². The number of halogens is 3. The van der Waals surface area contributed by atoms with E-state index in [9.17, 15) is 34.2 Å². The Morgan fingerprint density at radius 2 is 0.908 bits per heavy atom. The van der Waals surface area contributed by atoms with E-state index in [-0.39, 0.29) is 56.5 Å². The fraction of sp³-hybridized carbons (Fsp3) is 0.508. The summed E-state index contributed by atoms with van der Waals surface area (Å²) in [5.41, 5.74) is 3.98. The Balaban J connectivity index is 0.000000187. The topological polar surface area (TPSA) is 178 Å². The summed E-state index contributed by atoms with van der Waals surface area (Å²) in [6.45, 7) is 0.996. The van der Waals surface area contributed by atoms with Crippen molar-refractivity contribution >= 4 is 64.2 Å². The molecule has 0 radical (unpaired) electrons. The second-order valence-corrected chi connectivity index (χ2v) is 24.5. The Morgan fingerprint density at radius 3 is 1.29 bits per heavy atom. The molecule has 8 aliphatic rings. The van der Waals surface area contributed by atoms with Gasteiger partial charge in [0.05, 0.1) is 10.8 Å². The molecular formula is C59H72Cl3N5O9. The van der Waals surface area contributed by atoms with Gasteiger partial charge in [0.2, 0.25) is 11.8 Å². The number of phenols is 2. The molecule has 8 bridgehead atoms. The number of hydrogen-bond donors (Lipinski definition) is 4. The van der Waals surface area contributed by atoms with Crippen LogP contribution < -0.4 is 20.1 Å². The number of phenolic OH excluding ortho intramolecular Hbond substituents is 2. The van der Waals surface area contributed by atoms with Crippen LogP contribution in [-0.2, 0) is 33.3 Å². The number of nitrogens with one attached hydrogen (secondary N) is 2. The lowest BCUT2D eigenvalue weighted by atomic mass is 9.42. The average Bonchev–Trinajstić information content (AvgIpc) is 3.44. The Labute approximate surface area is 461 Å². The first kappa shape index (κ1) is 56.5. The highest BCUT2D eigenvalue weighted by Crippen LogP contribution is 2.67. The van der Waals surface area contributed by atoms with Gasteiger partial charge in [-0.15, -0.1) is 0 Å². The van der Waals surface area contributed by atoms with Gasteiger partial charge >= 0.3 is 17.6 Å². The van der Waals surface area contributed by atoms with Gasteiger partial charge in [0, 0.05) is 65.4 Å². The molecule has 4 aromatic rings. The number of aromatic hydroxyl groups is 2. The van der Waals surface area contributed by atoms with Crippen molar-refractivity contribution in [2.45, 2.75) is 101 Å². The zero-order valence-electron chi connectivity index (χ0n) is 44.4. The predicted molar refractivity (Wildman–Crippen MR) is 294 cm³/mol. The number of rotatable bonds is 12. The second-order valence-electron chi connectivity index (χ2n) is 23.3. The maximum absolute atomic E-state index is 13.8. The van der Waals surface area contributed by atoms with E-state index >= 15 is 0 Å².